The van der Waals surface area contributed by atoms with E-state index in [1.54, 1.807) is 64.1 Å². The molecule has 8 atom stereocenters. The third-order valence-electron chi connectivity index (χ3n) is 13.2. The highest BCUT2D eigenvalue weighted by Gasteiger charge is 2.40. The van der Waals surface area contributed by atoms with Gasteiger partial charge in [-0.25, -0.2) is 0 Å². The molecule has 0 aliphatic carbocycles. The lowest BCUT2D eigenvalue weighted by Gasteiger charge is -2.31. The molecule has 1 aliphatic heterocycles. The van der Waals surface area contributed by atoms with Gasteiger partial charge in [0.05, 0.1) is 13.0 Å². The molecule has 0 bridgehead atoms. The van der Waals surface area contributed by atoms with Crippen LogP contribution in [-0.2, 0) is 60.8 Å². The summed E-state index contributed by atoms with van der Waals surface area (Å²) in [7, 11) is 0. The zero-order valence-corrected chi connectivity index (χ0v) is 47.2. The molecule has 0 aromatic heterocycles. The molecule has 27 nitrogen and oxygen atoms in total. The average Bonchev–Trinajstić information content (AvgIpc) is 3.98. The predicted molar refractivity (Wildman–Crippen MR) is 303 cm³/mol. The van der Waals surface area contributed by atoms with Crippen molar-refractivity contribution < 1.29 is 52.7 Å². The van der Waals surface area contributed by atoms with Crippen molar-refractivity contribution in [3.8, 4) is 5.75 Å². The summed E-state index contributed by atoms with van der Waals surface area (Å²) in [6.45, 7) is 11.0. The molecule has 2 aromatic carbocycles. The Balaban J connectivity index is 1.83. The Bertz CT molecular complexity index is 2540. The fourth-order valence-corrected chi connectivity index (χ4v) is 8.75. The number of ether oxygens (including phenoxy) is 1. The molecule has 10 amide bonds. The Morgan fingerprint density at radius 1 is 0.605 bits per heavy atom. The minimum atomic E-state index is -1.66. The van der Waals surface area contributed by atoms with Crippen molar-refractivity contribution in [2.45, 2.75) is 161 Å². The number of rotatable bonds is 34. The SMILES string of the molecule is CCOc1ccc(C[C@@H](NC(=O)CC)C(=O)N[C@@H](Cc2ccc(C)cc2)C(=O)N[C@H](C(=O)N[C@@H](CC(N)=O)C(=O)N[C@@H](CC)C(=O)N2CCC[C@H]2C(=O)N[C@@H](CCCN=C(N)N)C(=O)N[C@@H](CCCN=C(N)N)C(N)=O)C(C)C)cc1. The molecule has 81 heavy (non-hydrogen) atoms. The van der Waals surface area contributed by atoms with Gasteiger partial charge in [0.2, 0.25) is 59.1 Å². The number of amides is 10. The van der Waals surface area contributed by atoms with Crippen LogP contribution in [0.5, 0.6) is 5.75 Å². The lowest BCUT2D eigenvalue weighted by atomic mass is 9.99. The number of carbonyl (C=O) groups excluding carboxylic acids is 10. The molecule has 2 aromatic rings. The number of primary amides is 2. The van der Waals surface area contributed by atoms with E-state index in [0.29, 0.717) is 29.9 Å². The van der Waals surface area contributed by atoms with E-state index < -0.39 is 120 Å². The van der Waals surface area contributed by atoms with Crippen molar-refractivity contribution in [1.29, 1.82) is 0 Å². The molecular weight excluding hydrogens is 1050 g/mol. The van der Waals surface area contributed by atoms with Crippen molar-refractivity contribution in [2.75, 3.05) is 26.2 Å². The van der Waals surface area contributed by atoms with E-state index in [-0.39, 0.29) is 89.3 Å². The quantitative estimate of drug-likeness (QED) is 0.0196. The second kappa shape index (κ2) is 33.8. The van der Waals surface area contributed by atoms with Gasteiger partial charge >= 0.3 is 0 Å². The van der Waals surface area contributed by atoms with Gasteiger partial charge in [0.25, 0.3) is 0 Å². The normalized spacial score (nSPS) is 15.4. The summed E-state index contributed by atoms with van der Waals surface area (Å²) in [6.07, 6.45) is 0.513. The fourth-order valence-electron chi connectivity index (χ4n) is 8.75. The number of guanidine groups is 2. The third kappa shape index (κ3) is 23.0. The predicted octanol–water partition coefficient (Wildman–Crippen LogP) is -2.49. The highest BCUT2D eigenvalue weighted by molar-refractivity contribution is 5.99. The molecule has 0 spiro atoms. The molecule has 1 fully saturated rings. The van der Waals surface area contributed by atoms with Crippen LogP contribution < -0.4 is 76.4 Å². The number of hydrogen-bond donors (Lipinski definition) is 13. The largest absolute Gasteiger partial charge is 0.494 e. The number of nitrogens with zero attached hydrogens (tertiary/aromatic N) is 3. The third-order valence-corrected chi connectivity index (χ3v) is 13.2. The molecule has 1 saturated heterocycles. The lowest BCUT2D eigenvalue weighted by molar-refractivity contribution is -0.143. The van der Waals surface area contributed by atoms with E-state index in [2.05, 4.69) is 47.2 Å². The van der Waals surface area contributed by atoms with Crippen molar-refractivity contribution in [1.82, 2.24) is 42.1 Å². The minimum absolute atomic E-state index is 0.00751. The van der Waals surface area contributed by atoms with E-state index >= 15 is 0 Å². The summed E-state index contributed by atoms with van der Waals surface area (Å²) < 4.78 is 5.54. The number of likely N-dealkylation sites (tertiary alicyclic amines) is 1. The van der Waals surface area contributed by atoms with Gasteiger partial charge in [-0.05, 0) is 88.0 Å². The Labute approximate surface area is 472 Å². The number of hydrogen-bond acceptors (Lipinski definition) is 13. The van der Waals surface area contributed by atoms with Gasteiger partial charge in [-0.1, -0.05) is 69.7 Å². The van der Waals surface area contributed by atoms with E-state index in [0.717, 1.165) is 5.56 Å². The zero-order valence-electron chi connectivity index (χ0n) is 47.2. The van der Waals surface area contributed by atoms with Crippen molar-refractivity contribution in [3.05, 3.63) is 65.2 Å². The number of carbonyl (C=O) groups is 10. The summed E-state index contributed by atoms with van der Waals surface area (Å²) in [5, 5.41) is 18.6. The van der Waals surface area contributed by atoms with Gasteiger partial charge in [0.15, 0.2) is 11.9 Å². The molecule has 446 valence electrons. The van der Waals surface area contributed by atoms with Crippen LogP contribution >= 0.6 is 0 Å². The van der Waals surface area contributed by atoms with Crippen LogP contribution in [0.15, 0.2) is 58.5 Å². The molecule has 19 N–H and O–H groups in total. The summed E-state index contributed by atoms with van der Waals surface area (Å²) in [4.78, 5) is 145. The first-order valence-electron chi connectivity index (χ1n) is 27.2. The van der Waals surface area contributed by atoms with E-state index in [4.69, 9.17) is 39.1 Å². The second-order valence-electron chi connectivity index (χ2n) is 20.0. The minimum Gasteiger partial charge on any atom is -0.494 e. The first kappa shape index (κ1) is 66.8. The number of benzene rings is 2. The van der Waals surface area contributed by atoms with Crippen LogP contribution in [0.1, 0.15) is 109 Å². The van der Waals surface area contributed by atoms with Crippen LogP contribution in [0.2, 0.25) is 0 Å². The first-order chi connectivity index (χ1) is 38.4. The number of aryl methyl sites for hydroxylation is 1. The molecule has 27 heteroatoms. The Morgan fingerprint density at radius 3 is 1.62 bits per heavy atom. The number of nitrogens with two attached hydrogens (primary N) is 6. The van der Waals surface area contributed by atoms with Crippen LogP contribution in [0, 0.1) is 12.8 Å². The van der Waals surface area contributed by atoms with Gasteiger partial charge in [-0.15, -0.1) is 0 Å². The van der Waals surface area contributed by atoms with Gasteiger partial charge in [0.1, 0.15) is 54.1 Å². The maximum Gasteiger partial charge on any atom is 0.245 e. The highest BCUT2D eigenvalue weighted by Crippen LogP contribution is 2.21. The maximum absolute atomic E-state index is 14.4. The standard InChI is InChI=1S/C54H84N16O11/c1-7-35(52(80)70-26-12-15-41(70)50(78)66-37(14-11-25-62-54(59)60)46(74)65-36(45(56)73)13-10-24-61-53(57)58)64-48(76)40(29-42(55)71)68-51(79)44(30(4)5)69-49(77)39(28-32-18-16-31(6)17-19-32)67-47(75)38(63-43(72)8-2)27-33-20-22-34(23-21-33)81-9-3/h16-23,30,35-41,44H,7-15,24-29H2,1-6H3,(H2,55,71)(H2,56,73)(H,63,72)(H,64,76)(H,65,74)(H,66,78)(H,67,75)(H,68,79)(H,69,77)(H4,57,58,61)(H4,59,60,62)/t35-,36-,37-,38+,39-,40-,41-,44-/m0/s1. The van der Waals surface area contributed by atoms with E-state index in [1.165, 1.54) is 4.90 Å². The maximum atomic E-state index is 14.4. The van der Waals surface area contributed by atoms with Crippen molar-refractivity contribution in [3.63, 3.8) is 0 Å². The topological polar surface area (TPSA) is 448 Å². The van der Waals surface area contributed by atoms with Crippen LogP contribution in [0.3, 0.4) is 0 Å². The molecule has 1 heterocycles. The first-order valence-corrected chi connectivity index (χ1v) is 27.2. The smallest absolute Gasteiger partial charge is 0.245 e. The van der Waals surface area contributed by atoms with Crippen LogP contribution in [0.4, 0.5) is 0 Å². The Morgan fingerprint density at radius 2 is 1.10 bits per heavy atom. The van der Waals surface area contributed by atoms with E-state index in [1.807, 2.05) is 26.0 Å². The molecular formula is C54H84N16O11. The molecule has 3 rings (SSSR count). The van der Waals surface area contributed by atoms with Crippen LogP contribution in [-0.4, -0.2) is 150 Å². The highest BCUT2D eigenvalue weighted by atomic mass is 16.5. The molecule has 0 saturated carbocycles. The lowest BCUT2D eigenvalue weighted by Crippen LogP contribution is -2.61. The zero-order chi connectivity index (χ0) is 60.3. The van der Waals surface area contributed by atoms with Gasteiger partial charge < -0.3 is 81.3 Å². The van der Waals surface area contributed by atoms with Crippen molar-refractivity contribution >= 4 is 71.0 Å². The summed E-state index contributed by atoms with van der Waals surface area (Å²) in [6, 6.07) is 4.04. The van der Waals surface area contributed by atoms with Gasteiger partial charge in [-0.3, -0.25) is 57.9 Å². The molecule has 0 unspecified atom stereocenters. The Kier molecular flexibility index (Phi) is 27.9. The summed E-state index contributed by atoms with van der Waals surface area (Å²) in [5.74, 6) is -8.06. The van der Waals surface area contributed by atoms with E-state index in [9.17, 15) is 47.9 Å². The Hall–Kier alpha value is -8.52. The number of aliphatic imine (C=N–C) groups is 2. The monoisotopic (exact) mass is 1130 g/mol. The molecule has 0 radical (unpaired) electrons. The summed E-state index contributed by atoms with van der Waals surface area (Å²) >= 11 is 0. The summed E-state index contributed by atoms with van der Waals surface area (Å²) in [5.41, 5.74) is 35.2. The number of nitrogens with one attached hydrogen (secondary N) is 7. The fraction of sp³-hybridized carbons (Fsp3) is 0.556. The second-order valence-corrected chi connectivity index (χ2v) is 20.0. The van der Waals surface area contributed by atoms with Gasteiger partial charge in [-0.2, -0.15) is 0 Å². The average molecular weight is 1130 g/mol. The van der Waals surface area contributed by atoms with Crippen LogP contribution in [0.25, 0.3) is 0 Å². The molecule has 1 aliphatic rings. The van der Waals surface area contributed by atoms with Gasteiger partial charge in [0, 0.05) is 38.9 Å². The van der Waals surface area contributed by atoms with Crippen molar-refractivity contribution in [2.24, 2.45) is 50.3 Å².